The summed E-state index contributed by atoms with van der Waals surface area (Å²) in [5.74, 6) is 6.54. The number of nitrogens with zero attached hydrogens (tertiary/aromatic N) is 2. The number of aromatic nitrogens is 2. The maximum absolute atomic E-state index is 5.41. The lowest BCUT2D eigenvalue weighted by molar-refractivity contribution is 0.382. The lowest BCUT2D eigenvalue weighted by Crippen LogP contribution is -2.10. The van der Waals surface area contributed by atoms with Gasteiger partial charge in [0.1, 0.15) is 5.75 Å². The van der Waals surface area contributed by atoms with Gasteiger partial charge in [-0.05, 0) is 12.1 Å². The third kappa shape index (κ3) is 1.59. The fourth-order valence-corrected chi connectivity index (χ4v) is 1.50. The standard InChI is InChI=1S/C10H12N4O2/c1-15-7-5-3-4-6-8(7)9(14-11)13-10(12-6)16-2/h3-5H,11H2,1-2H3,(H,12,13,14). The van der Waals surface area contributed by atoms with E-state index in [0.29, 0.717) is 17.1 Å². The number of hydrazine groups is 1. The summed E-state index contributed by atoms with van der Waals surface area (Å²) in [7, 11) is 3.08. The second kappa shape index (κ2) is 4.19. The molecule has 0 atom stereocenters. The number of ether oxygens (including phenoxy) is 2. The lowest BCUT2D eigenvalue weighted by atomic mass is 10.2. The van der Waals surface area contributed by atoms with Crippen LogP contribution in [0, 0.1) is 0 Å². The Morgan fingerprint density at radius 3 is 2.62 bits per heavy atom. The predicted molar refractivity (Wildman–Crippen MR) is 60.5 cm³/mol. The fraction of sp³-hybridized carbons (Fsp3) is 0.200. The van der Waals surface area contributed by atoms with Crippen molar-refractivity contribution >= 4 is 16.7 Å². The highest BCUT2D eigenvalue weighted by atomic mass is 16.5. The Bertz CT molecular complexity index is 515. The van der Waals surface area contributed by atoms with Crippen molar-refractivity contribution in [1.82, 2.24) is 9.97 Å². The predicted octanol–water partition coefficient (Wildman–Crippen LogP) is 0.933. The number of nitrogens with two attached hydrogens (primary N) is 1. The van der Waals surface area contributed by atoms with Gasteiger partial charge in [0, 0.05) is 0 Å². The molecule has 0 unspecified atom stereocenters. The summed E-state index contributed by atoms with van der Waals surface area (Å²) in [6, 6.07) is 5.75. The summed E-state index contributed by atoms with van der Waals surface area (Å²) in [6.07, 6.45) is 0. The first kappa shape index (κ1) is 10.4. The minimum atomic E-state index is 0.258. The first-order valence-corrected chi connectivity index (χ1v) is 4.65. The Labute approximate surface area is 92.4 Å². The molecule has 1 heterocycles. The molecule has 0 saturated carbocycles. The summed E-state index contributed by atoms with van der Waals surface area (Å²) in [4.78, 5) is 8.30. The van der Waals surface area contributed by atoms with Crippen LogP contribution in [-0.4, -0.2) is 24.2 Å². The van der Waals surface area contributed by atoms with Gasteiger partial charge in [-0.25, -0.2) is 5.84 Å². The number of rotatable bonds is 3. The van der Waals surface area contributed by atoms with Crippen molar-refractivity contribution in [3.05, 3.63) is 18.2 Å². The second-order valence-electron chi connectivity index (χ2n) is 3.06. The second-order valence-corrected chi connectivity index (χ2v) is 3.06. The molecule has 16 heavy (non-hydrogen) atoms. The minimum absolute atomic E-state index is 0.258. The Kier molecular flexibility index (Phi) is 2.74. The molecule has 0 saturated heterocycles. The first-order chi connectivity index (χ1) is 7.80. The number of nitrogen functional groups attached to an aromatic ring is 1. The Morgan fingerprint density at radius 1 is 1.19 bits per heavy atom. The van der Waals surface area contributed by atoms with Crippen molar-refractivity contribution in [2.75, 3.05) is 19.6 Å². The molecule has 84 valence electrons. The van der Waals surface area contributed by atoms with Crippen LogP contribution in [0.1, 0.15) is 0 Å². The van der Waals surface area contributed by atoms with Crippen LogP contribution in [0.5, 0.6) is 11.8 Å². The molecular weight excluding hydrogens is 208 g/mol. The summed E-state index contributed by atoms with van der Waals surface area (Å²) in [5.41, 5.74) is 3.22. The molecule has 0 spiro atoms. The molecule has 2 aromatic rings. The fourth-order valence-electron chi connectivity index (χ4n) is 1.50. The number of anilines is 1. The van der Waals surface area contributed by atoms with Crippen molar-refractivity contribution in [2.24, 2.45) is 5.84 Å². The van der Waals surface area contributed by atoms with E-state index in [2.05, 4.69) is 15.4 Å². The van der Waals surface area contributed by atoms with Crippen LogP contribution >= 0.6 is 0 Å². The van der Waals surface area contributed by atoms with Crippen LogP contribution in [-0.2, 0) is 0 Å². The molecule has 1 aromatic heterocycles. The van der Waals surface area contributed by atoms with E-state index in [4.69, 9.17) is 15.3 Å². The van der Waals surface area contributed by atoms with Crippen LogP contribution < -0.4 is 20.7 Å². The molecule has 0 aliphatic carbocycles. The van der Waals surface area contributed by atoms with Crippen molar-refractivity contribution in [3.8, 4) is 11.8 Å². The number of nitrogens with one attached hydrogen (secondary N) is 1. The van der Waals surface area contributed by atoms with E-state index < -0.39 is 0 Å². The summed E-state index contributed by atoms with van der Waals surface area (Å²) >= 11 is 0. The van der Waals surface area contributed by atoms with E-state index in [1.807, 2.05) is 18.2 Å². The van der Waals surface area contributed by atoms with Crippen molar-refractivity contribution in [1.29, 1.82) is 0 Å². The molecule has 6 nitrogen and oxygen atoms in total. The smallest absolute Gasteiger partial charge is 0.318 e. The molecule has 1 aromatic carbocycles. The monoisotopic (exact) mass is 220 g/mol. The molecule has 0 radical (unpaired) electrons. The van der Waals surface area contributed by atoms with E-state index in [9.17, 15) is 0 Å². The zero-order valence-corrected chi connectivity index (χ0v) is 9.02. The summed E-state index contributed by atoms with van der Waals surface area (Å²) in [6.45, 7) is 0. The van der Waals surface area contributed by atoms with E-state index in [1.165, 1.54) is 7.11 Å². The van der Waals surface area contributed by atoms with Crippen molar-refractivity contribution in [2.45, 2.75) is 0 Å². The third-order valence-electron chi connectivity index (χ3n) is 2.20. The van der Waals surface area contributed by atoms with Gasteiger partial charge in [-0.15, -0.1) is 0 Å². The Balaban J connectivity index is 2.78. The lowest BCUT2D eigenvalue weighted by Gasteiger charge is -2.09. The van der Waals surface area contributed by atoms with Gasteiger partial charge >= 0.3 is 6.01 Å². The molecule has 3 N–H and O–H groups in total. The van der Waals surface area contributed by atoms with Gasteiger partial charge in [0.15, 0.2) is 5.82 Å². The highest BCUT2D eigenvalue weighted by molar-refractivity contribution is 5.94. The molecule has 0 amide bonds. The molecular formula is C10H12N4O2. The van der Waals surface area contributed by atoms with Crippen molar-refractivity contribution < 1.29 is 9.47 Å². The number of hydrogen-bond donors (Lipinski definition) is 2. The zero-order valence-electron chi connectivity index (χ0n) is 9.02. The largest absolute Gasteiger partial charge is 0.496 e. The van der Waals surface area contributed by atoms with Gasteiger partial charge < -0.3 is 14.9 Å². The molecule has 0 fully saturated rings. The van der Waals surface area contributed by atoms with E-state index in [1.54, 1.807) is 7.11 Å². The first-order valence-electron chi connectivity index (χ1n) is 4.65. The minimum Gasteiger partial charge on any atom is -0.496 e. The van der Waals surface area contributed by atoms with Crippen LogP contribution in [0.15, 0.2) is 18.2 Å². The van der Waals surface area contributed by atoms with Crippen molar-refractivity contribution in [3.63, 3.8) is 0 Å². The molecule has 6 heteroatoms. The highest BCUT2D eigenvalue weighted by Gasteiger charge is 2.11. The topological polar surface area (TPSA) is 82.3 Å². The molecule has 2 rings (SSSR count). The van der Waals surface area contributed by atoms with E-state index in [0.717, 1.165) is 5.39 Å². The summed E-state index contributed by atoms with van der Waals surface area (Å²) in [5, 5.41) is 0.730. The van der Waals surface area contributed by atoms with E-state index >= 15 is 0 Å². The molecule has 0 aliphatic rings. The number of fused-ring (bicyclic) bond motifs is 1. The maximum atomic E-state index is 5.41. The molecule has 0 aliphatic heterocycles. The van der Waals surface area contributed by atoms with Gasteiger partial charge in [-0.2, -0.15) is 9.97 Å². The van der Waals surface area contributed by atoms with Gasteiger partial charge in [0.05, 0.1) is 25.1 Å². The SMILES string of the molecule is COc1nc(NN)c2c(OC)cccc2n1. The Hall–Kier alpha value is -2.08. The van der Waals surface area contributed by atoms with Gasteiger partial charge in [-0.3, -0.25) is 0 Å². The highest BCUT2D eigenvalue weighted by Crippen LogP contribution is 2.30. The third-order valence-corrected chi connectivity index (χ3v) is 2.20. The van der Waals surface area contributed by atoms with Gasteiger partial charge in [0.25, 0.3) is 0 Å². The number of methoxy groups -OCH3 is 2. The number of benzene rings is 1. The Morgan fingerprint density at radius 2 is 2.00 bits per heavy atom. The van der Waals surface area contributed by atoms with E-state index in [-0.39, 0.29) is 6.01 Å². The average Bonchev–Trinajstić information content (AvgIpc) is 2.36. The quantitative estimate of drug-likeness (QED) is 0.591. The van der Waals surface area contributed by atoms with Crippen LogP contribution in [0.2, 0.25) is 0 Å². The van der Waals surface area contributed by atoms with Crippen LogP contribution in [0.25, 0.3) is 10.9 Å². The number of hydrogen-bond acceptors (Lipinski definition) is 6. The zero-order chi connectivity index (χ0) is 11.5. The molecule has 0 bridgehead atoms. The normalized spacial score (nSPS) is 10.2. The van der Waals surface area contributed by atoms with Gasteiger partial charge in [0.2, 0.25) is 0 Å². The van der Waals surface area contributed by atoms with Crippen LogP contribution in [0.3, 0.4) is 0 Å². The summed E-state index contributed by atoms with van der Waals surface area (Å²) < 4.78 is 10.2. The van der Waals surface area contributed by atoms with Gasteiger partial charge in [-0.1, -0.05) is 6.07 Å². The average molecular weight is 220 g/mol. The van der Waals surface area contributed by atoms with Crippen LogP contribution in [0.4, 0.5) is 5.82 Å². The maximum Gasteiger partial charge on any atom is 0.318 e.